The third-order valence-electron chi connectivity index (χ3n) is 6.09. The van der Waals surface area contributed by atoms with E-state index in [0.29, 0.717) is 12.1 Å². The minimum absolute atomic E-state index is 0.208. The molecule has 0 unspecified atom stereocenters. The van der Waals surface area contributed by atoms with Crippen molar-refractivity contribution in [3.63, 3.8) is 0 Å². The SMILES string of the molecule is COC(=O)N1CCN(C2CCC(Nc3ncnc4ccc(C)cc34)CC2)CC1. The number of hydrogen-bond acceptors (Lipinski definition) is 6. The fourth-order valence-corrected chi connectivity index (χ4v) is 4.46. The molecule has 0 spiro atoms. The highest BCUT2D eigenvalue weighted by Crippen LogP contribution is 2.28. The van der Waals surface area contributed by atoms with Crippen molar-refractivity contribution in [2.75, 3.05) is 38.6 Å². The van der Waals surface area contributed by atoms with E-state index in [-0.39, 0.29) is 6.09 Å². The van der Waals surface area contributed by atoms with Crippen molar-refractivity contribution < 1.29 is 9.53 Å². The van der Waals surface area contributed by atoms with Crippen LogP contribution in [0.25, 0.3) is 10.9 Å². The Morgan fingerprint density at radius 1 is 1.11 bits per heavy atom. The smallest absolute Gasteiger partial charge is 0.409 e. The first kappa shape index (κ1) is 18.9. The number of rotatable bonds is 3. The third-order valence-corrected chi connectivity index (χ3v) is 6.09. The van der Waals surface area contributed by atoms with Crippen molar-refractivity contribution in [1.29, 1.82) is 0 Å². The second-order valence-electron chi connectivity index (χ2n) is 7.89. The fourth-order valence-electron chi connectivity index (χ4n) is 4.46. The molecular weight excluding hydrogens is 354 g/mol. The first-order chi connectivity index (χ1) is 13.6. The molecule has 28 heavy (non-hydrogen) atoms. The number of nitrogens with one attached hydrogen (secondary N) is 1. The molecule has 2 heterocycles. The Labute approximate surface area is 166 Å². The molecule has 1 N–H and O–H groups in total. The molecule has 0 radical (unpaired) electrons. The van der Waals surface area contributed by atoms with Gasteiger partial charge in [-0.2, -0.15) is 0 Å². The molecule has 1 amide bonds. The van der Waals surface area contributed by atoms with Crippen molar-refractivity contribution in [1.82, 2.24) is 19.8 Å². The zero-order chi connectivity index (χ0) is 19.5. The van der Waals surface area contributed by atoms with Crippen LogP contribution < -0.4 is 5.32 Å². The summed E-state index contributed by atoms with van der Waals surface area (Å²) in [5.41, 5.74) is 2.21. The second-order valence-corrected chi connectivity index (χ2v) is 7.89. The Balaban J connectivity index is 1.32. The van der Waals surface area contributed by atoms with E-state index in [1.165, 1.54) is 25.5 Å². The Morgan fingerprint density at radius 2 is 1.86 bits per heavy atom. The molecule has 1 aliphatic carbocycles. The molecule has 7 nitrogen and oxygen atoms in total. The molecule has 0 bridgehead atoms. The molecule has 1 saturated heterocycles. The molecule has 0 atom stereocenters. The third kappa shape index (κ3) is 4.04. The molecule has 7 heteroatoms. The largest absolute Gasteiger partial charge is 0.453 e. The summed E-state index contributed by atoms with van der Waals surface area (Å²) in [6, 6.07) is 7.37. The first-order valence-corrected chi connectivity index (χ1v) is 10.2. The number of carbonyl (C=O) groups is 1. The van der Waals surface area contributed by atoms with Crippen LogP contribution in [0, 0.1) is 6.92 Å². The Morgan fingerprint density at radius 3 is 2.57 bits per heavy atom. The number of hydrogen-bond donors (Lipinski definition) is 1. The van der Waals surface area contributed by atoms with Crippen LogP contribution >= 0.6 is 0 Å². The maximum absolute atomic E-state index is 11.6. The highest BCUT2D eigenvalue weighted by Gasteiger charge is 2.30. The predicted octanol–water partition coefficient (Wildman–Crippen LogP) is 3.05. The molecule has 150 valence electrons. The maximum Gasteiger partial charge on any atom is 0.409 e. The van der Waals surface area contributed by atoms with Gasteiger partial charge in [-0.3, -0.25) is 4.90 Å². The van der Waals surface area contributed by atoms with E-state index in [2.05, 4.69) is 45.3 Å². The van der Waals surface area contributed by atoms with Gasteiger partial charge in [0.25, 0.3) is 0 Å². The van der Waals surface area contributed by atoms with Crippen molar-refractivity contribution >= 4 is 22.8 Å². The number of aromatic nitrogens is 2. The molecule has 2 fully saturated rings. The topological polar surface area (TPSA) is 70.6 Å². The van der Waals surface area contributed by atoms with E-state index in [0.717, 1.165) is 55.7 Å². The van der Waals surface area contributed by atoms with Crippen LogP contribution in [0.5, 0.6) is 0 Å². The zero-order valence-electron chi connectivity index (χ0n) is 16.7. The molecule has 2 aliphatic rings. The summed E-state index contributed by atoms with van der Waals surface area (Å²) < 4.78 is 4.83. The highest BCUT2D eigenvalue weighted by molar-refractivity contribution is 5.89. The van der Waals surface area contributed by atoms with Gasteiger partial charge in [-0.25, -0.2) is 14.8 Å². The first-order valence-electron chi connectivity index (χ1n) is 10.2. The number of ether oxygens (including phenoxy) is 1. The Kier molecular flexibility index (Phi) is 5.62. The normalized spacial score (nSPS) is 23.6. The van der Waals surface area contributed by atoms with Crippen LogP contribution in [0.3, 0.4) is 0 Å². The van der Waals surface area contributed by atoms with Gasteiger partial charge in [-0.05, 0) is 44.7 Å². The predicted molar refractivity (Wildman–Crippen MR) is 109 cm³/mol. The van der Waals surface area contributed by atoms with Gasteiger partial charge in [0, 0.05) is 43.6 Å². The maximum atomic E-state index is 11.6. The van der Waals surface area contributed by atoms with Gasteiger partial charge in [0.05, 0.1) is 12.6 Å². The minimum Gasteiger partial charge on any atom is -0.453 e. The standard InChI is InChI=1S/C21H29N5O2/c1-15-3-8-19-18(13-15)20(23-14-22-19)24-16-4-6-17(7-5-16)25-9-11-26(12-10-25)21(27)28-2/h3,8,13-14,16-17H,4-7,9-12H2,1-2H3,(H,22,23,24). The lowest BCUT2D eigenvalue weighted by Gasteiger charge is -2.41. The lowest BCUT2D eigenvalue weighted by Crippen LogP contribution is -2.53. The van der Waals surface area contributed by atoms with Crippen molar-refractivity contribution in [2.45, 2.75) is 44.7 Å². The second kappa shape index (κ2) is 8.31. The van der Waals surface area contributed by atoms with Crippen molar-refractivity contribution in [3.05, 3.63) is 30.1 Å². The van der Waals surface area contributed by atoms with Gasteiger partial charge in [-0.1, -0.05) is 11.6 Å². The molecular formula is C21H29N5O2. The van der Waals surface area contributed by atoms with Gasteiger partial charge in [0.15, 0.2) is 0 Å². The summed E-state index contributed by atoms with van der Waals surface area (Å²) in [5.74, 6) is 0.948. The lowest BCUT2D eigenvalue weighted by atomic mass is 9.89. The average Bonchev–Trinajstić information content (AvgIpc) is 2.74. The number of benzene rings is 1. The van der Waals surface area contributed by atoms with Crippen LogP contribution in [0.4, 0.5) is 10.6 Å². The van der Waals surface area contributed by atoms with Gasteiger partial charge < -0.3 is 15.0 Å². The number of aryl methyl sites for hydroxylation is 1. The highest BCUT2D eigenvalue weighted by atomic mass is 16.5. The molecule has 4 rings (SSSR count). The molecule has 1 aromatic heterocycles. The quantitative estimate of drug-likeness (QED) is 0.878. The van der Waals surface area contributed by atoms with E-state index >= 15 is 0 Å². The van der Waals surface area contributed by atoms with E-state index in [9.17, 15) is 4.79 Å². The zero-order valence-corrected chi connectivity index (χ0v) is 16.7. The summed E-state index contributed by atoms with van der Waals surface area (Å²) in [4.78, 5) is 24.9. The monoisotopic (exact) mass is 383 g/mol. The Hall–Kier alpha value is -2.41. The van der Waals surface area contributed by atoms with Crippen LogP contribution in [0.2, 0.25) is 0 Å². The van der Waals surface area contributed by atoms with Gasteiger partial charge in [-0.15, -0.1) is 0 Å². The summed E-state index contributed by atoms with van der Waals surface area (Å²) >= 11 is 0. The molecule has 1 aromatic carbocycles. The molecule has 1 aliphatic heterocycles. The molecule has 2 aromatic rings. The van der Waals surface area contributed by atoms with E-state index in [4.69, 9.17) is 4.74 Å². The van der Waals surface area contributed by atoms with Crippen molar-refractivity contribution in [3.8, 4) is 0 Å². The number of piperazine rings is 1. The molecule has 1 saturated carbocycles. The number of carbonyl (C=O) groups excluding carboxylic acids is 1. The van der Waals surface area contributed by atoms with Crippen LogP contribution in [-0.4, -0.2) is 71.2 Å². The van der Waals surface area contributed by atoms with Crippen LogP contribution in [0.1, 0.15) is 31.2 Å². The number of methoxy groups -OCH3 is 1. The number of nitrogens with zero attached hydrogens (tertiary/aromatic N) is 4. The van der Waals surface area contributed by atoms with E-state index in [1.54, 1.807) is 11.2 Å². The average molecular weight is 383 g/mol. The minimum atomic E-state index is -0.208. The number of anilines is 1. The summed E-state index contributed by atoms with van der Waals surface area (Å²) in [6.07, 6.45) is 6.07. The number of amides is 1. The van der Waals surface area contributed by atoms with E-state index < -0.39 is 0 Å². The van der Waals surface area contributed by atoms with Gasteiger partial charge >= 0.3 is 6.09 Å². The van der Waals surface area contributed by atoms with Crippen molar-refractivity contribution in [2.24, 2.45) is 0 Å². The van der Waals surface area contributed by atoms with Crippen LogP contribution in [0.15, 0.2) is 24.5 Å². The van der Waals surface area contributed by atoms with Gasteiger partial charge in [0.2, 0.25) is 0 Å². The fraction of sp³-hybridized carbons (Fsp3) is 0.571. The van der Waals surface area contributed by atoms with Gasteiger partial charge in [0.1, 0.15) is 12.1 Å². The Bertz CT molecular complexity index is 827. The summed E-state index contributed by atoms with van der Waals surface area (Å²) in [7, 11) is 1.45. The van der Waals surface area contributed by atoms with E-state index in [1.807, 2.05) is 0 Å². The summed E-state index contributed by atoms with van der Waals surface area (Å²) in [5, 5.41) is 4.77. The van der Waals surface area contributed by atoms with Crippen LogP contribution in [-0.2, 0) is 4.74 Å². The lowest BCUT2D eigenvalue weighted by molar-refractivity contribution is 0.0642. The summed E-state index contributed by atoms with van der Waals surface area (Å²) in [6.45, 7) is 5.50. The number of fused-ring (bicyclic) bond motifs is 1.